The molecule has 5 nitrogen and oxygen atoms in total. The van der Waals surface area contributed by atoms with Crippen LogP contribution in [0.1, 0.15) is 48.3 Å². The molecule has 0 aliphatic rings. The van der Waals surface area contributed by atoms with Gasteiger partial charge < -0.3 is 5.32 Å². The number of nitrogens with zero attached hydrogens (tertiary/aromatic N) is 3. The molecular formula is C15H22N4OS. The Morgan fingerprint density at radius 2 is 2.29 bits per heavy atom. The fourth-order valence-electron chi connectivity index (χ4n) is 2.22. The number of hydrogen-bond donors (Lipinski definition) is 1. The predicted octanol–water partition coefficient (Wildman–Crippen LogP) is 2.87. The average molecular weight is 306 g/mol. The molecule has 21 heavy (non-hydrogen) atoms. The van der Waals surface area contributed by atoms with E-state index in [1.807, 2.05) is 26.1 Å². The summed E-state index contributed by atoms with van der Waals surface area (Å²) in [4.78, 5) is 18.0. The van der Waals surface area contributed by atoms with Crippen molar-refractivity contribution in [3.8, 4) is 0 Å². The number of rotatable bonds is 7. The van der Waals surface area contributed by atoms with Crippen LogP contribution in [-0.4, -0.2) is 20.7 Å². The van der Waals surface area contributed by atoms with E-state index in [0.717, 1.165) is 34.8 Å². The van der Waals surface area contributed by atoms with Gasteiger partial charge in [-0.3, -0.25) is 9.48 Å². The van der Waals surface area contributed by atoms with Crippen molar-refractivity contribution in [1.82, 2.24) is 20.1 Å². The highest BCUT2D eigenvalue weighted by molar-refractivity contribution is 7.11. The lowest BCUT2D eigenvalue weighted by Crippen LogP contribution is -2.32. The van der Waals surface area contributed by atoms with E-state index in [1.54, 1.807) is 22.2 Å². The second-order valence-electron chi connectivity index (χ2n) is 4.99. The Hall–Kier alpha value is -1.69. The molecule has 0 spiro atoms. The third-order valence-electron chi connectivity index (χ3n) is 3.36. The topological polar surface area (TPSA) is 59.8 Å². The molecule has 2 aromatic heterocycles. The van der Waals surface area contributed by atoms with Crippen molar-refractivity contribution >= 4 is 17.2 Å². The number of nitrogens with one attached hydrogen (secondary N) is 1. The third kappa shape index (κ3) is 3.91. The zero-order valence-electron chi connectivity index (χ0n) is 12.8. The van der Waals surface area contributed by atoms with Crippen LogP contribution >= 0.6 is 11.3 Å². The Morgan fingerprint density at radius 1 is 1.48 bits per heavy atom. The van der Waals surface area contributed by atoms with Crippen molar-refractivity contribution < 1.29 is 4.79 Å². The van der Waals surface area contributed by atoms with E-state index >= 15 is 0 Å². The molecule has 0 radical (unpaired) electrons. The van der Waals surface area contributed by atoms with Gasteiger partial charge in [-0.25, -0.2) is 4.98 Å². The lowest BCUT2D eigenvalue weighted by molar-refractivity contribution is -0.124. The molecule has 0 saturated heterocycles. The molecule has 2 rings (SSSR count). The summed E-state index contributed by atoms with van der Waals surface area (Å²) < 4.78 is 1.71. The molecule has 0 bridgehead atoms. The average Bonchev–Trinajstić information content (AvgIpc) is 3.08. The molecule has 0 saturated carbocycles. The van der Waals surface area contributed by atoms with Gasteiger partial charge in [-0.2, -0.15) is 5.10 Å². The van der Waals surface area contributed by atoms with Crippen molar-refractivity contribution in [2.75, 3.05) is 0 Å². The summed E-state index contributed by atoms with van der Waals surface area (Å²) in [5, 5.41) is 8.31. The second-order valence-corrected chi connectivity index (χ2v) is 6.16. The number of hydrogen-bond acceptors (Lipinski definition) is 4. The predicted molar refractivity (Wildman–Crippen MR) is 84.2 cm³/mol. The van der Waals surface area contributed by atoms with Crippen LogP contribution in [0, 0.1) is 6.92 Å². The first kappa shape index (κ1) is 15.7. The quantitative estimate of drug-likeness (QED) is 0.855. The third-order valence-corrected chi connectivity index (χ3v) is 4.57. The number of amides is 1. The van der Waals surface area contributed by atoms with Crippen LogP contribution in [0.2, 0.25) is 0 Å². The molecule has 1 unspecified atom stereocenters. The van der Waals surface area contributed by atoms with Crippen molar-refractivity contribution in [2.45, 2.75) is 52.6 Å². The highest BCUT2D eigenvalue weighted by Crippen LogP contribution is 2.19. The molecule has 0 aliphatic heterocycles. The second kappa shape index (κ2) is 7.36. The van der Waals surface area contributed by atoms with Gasteiger partial charge in [0.05, 0.1) is 17.2 Å². The lowest BCUT2D eigenvalue weighted by Gasteiger charge is -2.15. The van der Waals surface area contributed by atoms with Crippen molar-refractivity contribution in [3.63, 3.8) is 0 Å². The maximum absolute atomic E-state index is 12.3. The summed E-state index contributed by atoms with van der Waals surface area (Å²) in [7, 11) is 0. The molecule has 2 aromatic rings. The Kier molecular flexibility index (Phi) is 5.50. The van der Waals surface area contributed by atoms with Crippen molar-refractivity contribution in [3.05, 3.63) is 34.0 Å². The molecule has 2 heterocycles. The fraction of sp³-hybridized carbons (Fsp3) is 0.533. The van der Waals surface area contributed by atoms with E-state index in [0.29, 0.717) is 6.54 Å². The number of thiazole rings is 1. The summed E-state index contributed by atoms with van der Waals surface area (Å²) in [5.41, 5.74) is 1.02. The van der Waals surface area contributed by atoms with Crippen LogP contribution in [0.15, 0.2) is 18.5 Å². The summed E-state index contributed by atoms with van der Waals surface area (Å²) >= 11 is 1.69. The first-order valence-electron chi connectivity index (χ1n) is 7.37. The summed E-state index contributed by atoms with van der Waals surface area (Å²) in [5.74, 6) is 0.00559. The van der Waals surface area contributed by atoms with Gasteiger partial charge in [0.2, 0.25) is 5.91 Å². The minimum atomic E-state index is -0.247. The Morgan fingerprint density at radius 3 is 2.90 bits per heavy atom. The largest absolute Gasteiger partial charge is 0.349 e. The summed E-state index contributed by atoms with van der Waals surface area (Å²) in [6.07, 6.45) is 6.34. The lowest BCUT2D eigenvalue weighted by atomic mass is 10.2. The van der Waals surface area contributed by atoms with Crippen LogP contribution in [-0.2, 0) is 17.8 Å². The normalized spacial score (nSPS) is 12.3. The molecule has 0 aromatic carbocycles. The fourth-order valence-corrected chi connectivity index (χ4v) is 3.33. The zero-order chi connectivity index (χ0) is 15.2. The molecule has 114 valence electrons. The highest BCUT2D eigenvalue weighted by Gasteiger charge is 2.19. The maximum atomic E-state index is 12.3. The number of aromatic nitrogens is 3. The molecule has 0 aliphatic carbocycles. The number of carbonyl (C=O) groups is 1. The van der Waals surface area contributed by atoms with Crippen LogP contribution in [0.3, 0.4) is 0 Å². The Balaban J connectivity index is 1.97. The van der Waals surface area contributed by atoms with Crippen LogP contribution in [0.25, 0.3) is 0 Å². The molecule has 1 atom stereocenters. The highest BCUT2D eigenvalue weighted by atomic mass is 32.1. The number of aryl methyl sites for hydroxylation is 2. The van der Waals surface area contributed by atoms with Gasteiger partial charge in [-0.1, -0.05) is 13.8 Å². The van der Waals surface area contributed by atoms with E-state index in [4.69, 9.17) is 0 Å². The van der Waals surface area contributed by atoms with Gasteiger partial charge in [0.15, 0.2) is 0 Å². The van der Waals surface area contributed by atoms with Crippen molar-refractivity contribution in [1.29, 1.82) is 0 Å². The summed E-state index contributed by atoms with van der Waals surface area (Å²) in [6.45, 7) is 6.68. The van der Waals surface area contributed by atoms with Crippen LogP contribution in [0.4, 0.5) is 0 Å². The van der Waals surface area contributed by atoms with E-state index in [9.17, 15) is 4.79 Å². The molecule has 0 fully saturated rings. The van der Waals surface area contributed by atoms with E-state index in [-0.39, 0.29) is 11.9 Å². The SMILES string of the molecule is CCCc1nc(C)c(CNC(=O)C(CC)n2cccn2)s1. The van der Waals surface area contributed by atoms with E-state index < -0.39 is 0 Å². The van der Waals surface area contributed by atoms with Crippen molar-refractivity contribution in [2.24, 2.45) is 0 Å². The van der Waals surface area contributed by atoms with Gasteiger partial charge >= 0.3 is 0 Å². The Bertz CT molecular complexity index is 577. The Labute approximate surface area is 129 Å². The van der Waals surface area contributed by atoms with Gasteiger partial charge in [0, 0.05) is 17.3 Å². The first-order chi connectivity index (χ1) is 10.2. The maximum Gasteiger partial charge on any atom is 0.245 e. The minimum absolute atomic E-state index is 0.00559. The monoisotopic (exact) mass is 306 g/mol. The van der Waals surface area contributed by atoms with Crippen LogP contribution < -0.4 is 5.32 Å². The van der Waals surface area contributed by atoms with Crippen LogP contribution in [0.5, 0.6) is 0 Å². The first-order valence-corrected chi connectivity index (χ1v) is 8.19. The smallest absolute Gasteiger partial charge is 0.245 e. The zero-order valence-corrected chi connectivity index (χ0v) is 13.6. The summed E-state index contributed by atoms with van der Waals surface area (Å²) in [6, 6.07) is 1.59. The van der Waals surface area contributed by atoms with E-state index in [2.05, 4.69) is 22.3 Å². The number of carbonyl (C=O) groups excluding carboxylic acids is 1. The molecule has 6 heteroatoms. The standard InChI is InChI=1S/C15H22N4OS/c1-4-7-14-18-11(3)13(21-14)10-16-15(20)12(5-2)19-9-6-8-17-19/h6,8-9,12H,4-5,7,10H2,1-3H3,(H,16,20). The van der Waals surface area contributed by atoms with Gasteiger partial charge in [-0.15, -0.1) is 11.3 Å². The van der Waals surface area contributed by atoms with Gasteiger partial charge in [0.1, 0.15) is 6.04 Å². The minimum Gasteiger partial charge on any atom is -0.349 e. The molecule has 1 N–H and O–H groups in total. The van der Waals surface area contributed by atoms with E-state index in [1.165, 1.54) is 0 Å². The van der Waals surface area contributed by atoms with Gasteiger partial charge in [0.25, 0.3) is 0 Å². The van der Waals surface area contributed by atoms with Gasteiger partial charge in [-0.05, 0) is 32.3 Å². The molecule has 1 amide bonds. The molecular weight excluding hydrogens is 284 g/mol.